The second-order valence-corrected chi connectivity index (χ2v) is 8.09. The molecular formula is C23H17FN6OS. The van der Waals surface area contributed by atoms with Gasteiger partial charge in [0.2, 0.25) is 11.9 Å². The average molecular weight is 444 g/mol. The first-order valence-corrected chi connectivity index (χ1v) is 10.7. The van der Waals surface area contributed by atoms with Crippen LogP contribution in [0.2, 0.25) is 0 Å². The van der Waals surface area contributed by atoms with E-state index in [2.05, 4.69) is 31.4 Å². The number of pyridine rings is 2. The van der Waals surface area contributed by atoms with E-state index in [0.29, 0.717) is 17.2 Å². The summed E-state index contributed by atoms with van der Waals surface area (Å²) in [5.41, 5.74) is 6.40. The Balaban J connectivity index is 1.50. The molecule has 0 radical (unpaired) electrons. The number of halogens is 1. The number of amides is 1. The Morgan fingerprint density at radius 1 is 1.12 bits per heavy atom. The van der Waals surface area contributed by atoms with Gasteiger partial charge >= 0.3 is 0 Å². The smallest absolute Gasteiger partial charge is 0.230 e. The van der Waals surface area contributed by atoms with Crippen molar-refractivity contribution in [2.45, 2.75) is 13.3 Å². The Morgan fingerprint density at radius 3 is 2.84 bits per heavy atom. The van der Waals surface area contributed by atoms with Gasteiger partial charge < -0.3 is 5.32 Å². The van der Waals surface area contributed by atoms with E-state index in [9.17, 15) is 9.18 Å². The number of carbonyl (C=O) groups excluding carboxylic acids is 1. The van der Waals surface area contributed by atoms with Crippen LogP contribution in [0.25, 0.3) is 27.3 Å². The molecule has 5 aromatic rings. The van der Waals surface area contributed by atoms with Gasteiger partial charge in [0.1, 0.15) is 0 Å². The maximum atomic E-state index is 13.0. The highest BCUT2D eigenvalue weighted by molar-refractivity contribution is 7.16. The zero-order chi connectivity index (χ0) is 22.1. The molecule has 0 spiro atoms. The lowest BCUT2D eigenvalue weighted by atomic mass is 10.1. The molecular weight excluding hydrogens is 427 g/mol. The number of anilines is 1. The molecule has 0 aliphatic rings. The van der Waals surface area contributed by atoms with Gasteiger partial charge in [0, 0.05) is 11.3 Å². The molecule has 5 rings (SSSR count). The predicted molar refractivity (Wildman–Crippen MR) is 121 cm³/mol. The number of nitrogens with one attached hydrogen (secondary N) is 1. The van der Waals surface area contributed by atoms with Gasteiger partial charge in [-0.1, -0.05) is 12.1 Å². The van der Waals surface area contributed by atoms with E-state index >= 15 is 0 Å². The Morgan fingerprint density at radius 2 is 2.03 bits per heavy atom. The molecule has 0 unspecified atom stereocenters. The van der Waals surface area contributed by atoms with Crippen molar-refractivity contribution in [2.75, 3.05) is 5.32 Å². The highest BCUT2D eigenvalue weighted by Crippen LogP contribution is 2.28. The summed E-state index contributed by atoms with van der Waals surface area (Å²) in [4.78, 5) is 25.0. The molecule has 0 aliphatic carbocycles. The standard InChI is InChI=1S/C23H17FN6OS/c1-14-3-2-4-22(27-14)30-19(15-5-7-18-20(9-15)32-13-26-18)10-17(29-30)11-23(31)28-16-6-8-21(24)25-12-16/h2-10,12-13H,11H2,1H3,(H,28,31). The summed E-state index contributed by atoms with van der Waals surface area (Å²) in [6.07, 6.45) is 1.32. The van der Waals surface area contributed by atoms with Gasteiger partial charge in [-0.15, -0.1) is 11.3 Å². The summed E-state index contributed by atoms with van der Waals surface area (Å²) in [6, 6.07) is 16.3. The molecule has 0 bridgehead atoms. The summed E-state index contributed by atoms with van der Waals surface area (Å²) in [5.74, 6) is -0.210. The molecule has 0 saturated heterocycles. The molecule has 4 heterocycles. The predicted octanol–water partition coefficient (Wildman–Crippen LogP) is 4.57. The number of thiazole rings is 1. The molecule has 1 aromatic carbocycles. The molecule has 0 atom stereocenters. The van der Waals surface area contributed by atoms with E-state index in [1.54, 1.807) is 16.0 Å². The number of rotatable bonds is 5. The molecule has 1 N–H and O–H groups in total. The molecule has 32 heavy (non-hydrogen) atoms. The summed E-state index contributed by atoms with van der Waals surface area (Å²) < 4.78 is 15.8. The van der Waals surface area contributed by atoms with Gasteiger partial charge in [-0.25, -0.2) is 19.6 Å². The lowest BCUT2D eigenvalue weighted by molar-refractivity contribution is -0.115. The number of fused-ring (bicyclic) bond motifs is 1. The molecule has 1 amide bonds. The van der Waals surface area contributed by atoms with Crippen LogP contribution in [-0.2, 0) is 11.2 Å². The van der Waals surface area contributed by atoms with E-state index in [1.165, 1.54) is 18.3 Å². The van der Waals surface area contributed by atoms with Crippen molar-refractivity contribution in [1.82, 2.24) is 24.7 Å². The highest BCUT2D eigenvalue weighted by Gasteiger charge is 2.16. The number of hydrogen-bond acceptors (Lipinski definition) is 6. The van der Waals surface area contributed by atoms with Crippen LogP contribution in [-0.4, -0.2) is 30.6 Å². The molecule has 158 valence electrons. The van der Waals surface area contributed by atoms with Crippen LogP contribution in [0.5, 0.6) is 0 Å². The van der Waals surface area contributed by atoms with Gasteiger partial charge in [-0.3, -0.25) is 4.79 Å². The Kier molecular flexibility index (Phi) is 5.16. The third-order valence-corrected chi connectivity index (χ3v) is 5.62. The number of benzene rings is 1. The van der Waals surface area contributed by atoms with Crippen LogP contribution in [0.1, 0.15) is 11.4 Å². The van der Waals surface area contributed by atoms with E-state index in [1.807, 2.05) is 48.8 Å². The van der Waals surface area contributed by atoms with E-state index in [-0.39, 0.29) is 12.3 Å². The molecule has 0 saturated carbocycles. The first kappa shape index (κ1) is 20.0. The average Bonchev–Trinajstić information content (AvgIpc) is 3.41. The SMILES string of the molecule is Cc1cccc(-n2nc(CC(=O)Nc3ccc(F)nc3)cc2-c2ccc3ncsc3c2)n1. The lowest BCUT2D eigenvalue weighted by Crippen LogP contribution is -2.15. The van der Waals surface area contributed by atoms with Crippen molar-refractivity contribution in [3.05, 3.63) is 83.6 Å². The van der Waals surface area contributed by atoms with Crippen molar-refractivity contribution < 1.29 is 9.18 Å². The van der Waals surface area contributed by atoms with Gasteiger partial charge in [-0.05, 0) is 49.4 Å². The third-order valence-electron chi connectivity index (χ3n) is 4.83. The Labute approximate surface area is 186 Å². The summed E-state index contributed by atoms with van der Waals surface area (Å²) in [5, 5.41) is 7.38. The quantitative estimate of drug-likeness (QED) is 0.402. The minimum absolute atomic E-state index is 0.0476. The number of aryl methyl sites for hydroxylation is 1. The van der Waals surface area contributed by atoms with Gasteiger partial charge in [0.25, 0.3) is 0 Å². The maximum Gasteiger partial charge on any atom is 0.230 e. The lowest BCUT2D eigenvalue weighted by Gasteiger charge is -2.07. The largest absolute Gasteiger partial charge is 0.324 e. The van der Waals surface area contributed by atoms with E-state index < -0.39 is 5.95 Å². The molecule has 0 fully saturated rings. The number of hydrogen-bond donors (Lipinski definition) is 1. The van der Waals surface area contributed by atoms with Crippen molar-refractivity contribution in [2.24, 2.45) is 0 Å². The number of nitrogens with zero attached hydrogens (tertiary/aromatic N) is 5. The van der Waals surface area contributed by atoms with Crippen molar-refractivity contribution in [3.8, 4) is 17.1 Å². The van der Waals surface area contributed by atoms with Crippen LogP contribution < -0.4 is 5.32 Å². The van der Waals surface area contributed by atoms with Crippen LogP contribution in [0.4, 0.5) is 10.1 Å². The second kappa shape index (κ2) is 8.27. The maximum absolute atomic E-state index is 13.0. The number of carbonyl (C=O) groups is 1. The zero-order valence-corrected chi connectivity index (χ0v) is 17.8. The Hall–Kier alpha value is -3.98. The van der Waals surface area contributed by atoms with Crippen LogP contribution >= 0.6 is 11.3 Å². The fourth-order valence-electron chi connectivity index (χ4n) is 3.38. The Bertz CT molecular complexity index is 1430. The fraction of sp³-hybridized carbons (Fsp3) is 0.0870. The van der Waals surface area contributed by atoms with Gasteiger partial charge in [-0.2, -0.15) is 9.49 Å². The topological polar surface area (TPSA) is 85.6 Å². The van der Waals surface area contributed by atoms with Crippen molar-refractivity contribution in [1.29, 1.82) is 0 Å². The summed E-state index contributed by atoms with van der Waals surface area (Å²) >= 11 is 1.57. The second-order valence-electron chi connectivity index (χ2n) is 7.20. The van der Waals surface area contributed by atoms with Gasteiger partial charge in [0.05, 0.1) is 45.4 Å². The van der Waals surface area contributed by atoms with Crippen molar-refractivity contribution >= 4 is 33.1 Å². The van der Waals surface area contributed by atoms with E-state index in [4.69, 9.17) is 0 Å². The first-order chi connectivity index (χ1) is 15.5. The summed E-state index contributed by atoms with van der Waals surface area (Å²) in [7, 11) is 0. The highest BCUT2D eigenvalue weighted by atomic mass is 32.1. The number of aromatic nitrogens is 5. The minimum Gasteiger partial charge on any atom is -0.324 e. The van der Waals surface area contributed by atoms with Crippen LogP contribution in [0.15, 0.2) is 66.3 Å². The van der Waals surface area contributed by atoms with Gasteiger partial charge in [0.15, 0.2) is 5.82 Å². The fourth-order valence-corrected chi connectivity index (χ4v) is 4.09. The van der Waals surface area contributed by atoms with Crippen molar-refractivity contribution in [3.63, 3.8) is 0 Å². The zero-order valence-electron chi connectivity index (χ0n) is 17.0. The van der Waals surface area contributed by atoms with Crippen LogP contribution in [0, 0.1) is 12.9 Å². The molecule has 4 aromatic heterocycles. The summed E-state index contributed by atoms with van der Waals surface area (Å²) in [6.45, 7) is 1.92. The minimum atomic E-state index is -0.602. The monoisotopic (exact) mass is 444 g/mol. The first-order valence-electron chi connectivity index (χ1n) is 9.83. The third kappa shape index (κ3) is 4.10. The van der Waals surface area contributed by atoms with Crippen LogP contribution in [0.3, 0.4) is 0 Å². The van der Waals surface area contributed by atoms with E-state index in [0.717, 1.165) is 27.2 Å². The molecule has 7 nitrogen and oxygen atoms in total. The normalized spacial score (nSPS) is 11.1. The molecule has 0 aliphatic heterocycles. The molecule has 9 heteroatoms.